The van der Waals surface area contributed by atoms with Crippen LogP contribution in [0.4, 0.5) is 5.95 Å². The van der Waals surface area contributed by atoms with Gasteiger partial charge in [0.2, 0.25) is 5.95 Å². The van der Waals surface area contributed by atoms with Crippen LogP contribution < -0.4 is 5.32 Å². The molecule has 3 heterocycles. The zero-order valence-corrected chi connectivity index (χ0v) is 12.2. The van der Waals surface area contributed by atoms with Crippen LogP contribution in [0.5, 0.6) is 0 Å². The Bertz CT molecular complexity index is 816. The highest BCUT2D eigenvalue weighted by atomic mass is 16.2. The van der Waals surface area contributed by atoms with E-state index in [1.54, 1.807) is 22.2 Å². The molecular weight excluding hydrogens is 268 g/mol. The van der Waals surface area contributed by atoms with Gasteiger partial charge in [-0.15, -0.1) is 0 Å². The molecule has 0 saturated heterocycles. The van der Waals surface area contributed by atoms with Gasteiger partial charge in [0, 0.05) is 12.7 Å². The Hall–Kier alpha value is -2.70. The number of aryl methyl sites for hydroxylation is 3. The standard InChI is InChI=1S/C14H16N6O/c1-4-20-14(16-10(3)18-20)17-13(21)11-8-15-12-9(2)6-5-7-19(11)12/h5-8H,4H2,1-3H3,(H,16,17,18,21). The van der Waals surface area contributed by atoms with Crippen molar-refractivity contribution < 1.29 is 4.79 Å². The summed E-state index contributed by atoms with van der Waals surface area (Å²) in [6.07, 6.45) is 3.39. The monoisotopic (exact) mass is 284 g/mol. The van der Waals surface area contributed by atoms with Gasteiger partial charge < -0.3 is 0 Å². The van der Waals surface area contributed by atoms with Gasteiger partial charge in [0.15, 0.2) is 0 Å². The summed E-state index contributed by atoms with van der Waals surface area (Å²) in [7, 11) is 0. The first-order valence-corrected chi connectivity index (χ1v) is 6.75. The van der Waals surface area contributed by atoms with Crippen LogP contribution in [0, 0.1) is 13.8 Å². The third kappa shape index (κ3) is 2.26. The summed E-state index contributed by atoms with van der Waals surface area (Å²) >= 11 is 0. The Morgan fingerprint density at radius 3 is 2.95 bits per heavy atom. The molecule has 0 aliphatic carbocycles. The zero-order chi connectivity index (χ0) is 15.0. The summed E-state index contributed by atoms with van der Waals surface area (Å²) in [5.74, 6) is 0.818. The van der Waals surface area contributed by atoms with Crippen LogP contribution >= 0.6 is 0 Å². The van der Waals surface area contributed by atoms with Crippen molar-refractivity contribution in [1.82, 2.24) is 24.1 Å². The van der Waals surface area contributed by atoms with Gasteiger partial charge in [-0.2, -0.15) is 10.1 Å². The lowest BCUT2D eigenvalue weighted by Crippen LogP contribution is -2.18. The molecule has 0 bridgehead atoms. The molecule has 0 aromatic carbocycles. The lowest BCUT2D eigenvalue weighted by atomic mass is 10.3. The van der Waals surface area contributed by atoms with Gasteiger partial charge in [0.05, 0.1) is 6.20 Å². The summed E-state index contributed by atoms with van der Waals surface area (Å²) in [6, 6.07) is 3.85. The third-order valence-corrected chi connectivity index (χ3v) is 3.27. The highest BCUT2D eigenvalue weighted by molar-refractivity contribution is 6.02. The maximum atomic E-state index is 12.4. The molecule has 3 rings (SSSR count). The van der Waals surface area contributed by atoms with E-state index in [0.717, 1.165) is 11.2 Å². The molecule has 0 radical (unpaired) electrons. The molecule has 0 aliphatic heterocycles. The van der Waals surface area contributed by atoms with E-state index in [-0.39, 0.29) is 5.91 Å². The minimum atomic E-state index is -0.254. The number of imidazole rings is 1. The number of anilines is 1. The summed E-state index contributed by atoms with van der Waals surface area (Å²) in [5, 5.41) is 6.99. The largest absolute Gasteiger partial charge is 0.295 e. The summed E-state index contributed by atoms with van der Waals surface area (Å²) in [6.45, 7) is 6.34. The molecule has 0 fully saturated rings. The molecule has 3 aromatic heterocycles. The average Bonchev–Trinajstić information content (AvgIpc) is 3.03. The smallest absolute Gasteiger partial charge is 0.276 e. The Balaban J connectivity index is 1.96. The van der Waals surface area contributed by atoms with Gasteiger partial charge >= 0.3 is 0 Å². The molecule has 21 heavy (non-hydrogen) atoms. The molecule has 0 unspecified atom stereocenters. The van der Waals surface area contributed by atoms with Gasteiger partial charge in [-0.1, -0.05) is 6.07 Å². The van der Waals surface area contributed by atoms with Crippen LogP contribution in [0.15, 0.2) is 24.5 Å². The number of pyridine rings is 1. The maximum absolute atomic E-state index is 12.4. The SMILES string of the molecule is CCn1nc(C)nc1NC(=O)c1cnc2c(C)cccn12. The van der Waals surface area contributed by atoms with Crippen molar-refractivity contribution in [2.24, 2.45) is 0 Å². The Kier molecular flexibility index (Phi) is 3.17. The third-order valence-electron chi connectivity index (χ3n) is 3.27. The van der Waals surface area contributed by atoms with Gasteiger partial charge in [0.1, 0.15) is 17.2 Å². The number of nitrogens with one attached hydrogen (secondary N) is 1. The molecule has 0 aliphatic rings. The number of amides is 1. The van der Waals surface area contributed by atoms with Crippen molar-refractivity contribution in [1.29, 1.82) is 0 Å². The molecule has 1 amide bonds. The number of nitrogens with zero attached hydrogens (tertiary/aromatic N) is 5. The first-order chi connectivity index (χ1) is 10.1. The van der Waals surface area contributed by atoms with Gasteiger partial charge in [0.25, 0.3) is 5.91 Å². The predicted molar refractivity (Wildman–Crippen MR) is 78.3 cm³/mol. The minimum absolute atomic E-state index is 0.254. The molecule has 3 aromatic rings. The number of carbonyl (C=O) groups excluding carboxylic acids is 1. The van der Waals surface area contributed by atoms with Crippen molar-refractivity contribution in [2.75, 3.05) is 5.32 Å². The van der Waals surface area contributed by atoms with Crippen molar-refractivity contribution in [3.05, 3.63) is 41.6 Å². The number of hydrogen-bond donors (Lipinski definition) is 1. The molecule has 0 atom stereocenters. The normalized spacial score (nSPS) is 11.0. The highest BCUT2D eigenvalue weighted by Crippen LogP contribution is 2.13. The van der Waals surface area contributed by atoms with Crippen molar-refractivity contribution in [3.63, 3.8) is 0 Å². The van der Waals surface area contributed by atoms with E-state index in [0.29, 0.717) is 24.0 Å². The molecule has 1 N–H and O–H groups in total. The van der Waals surface area contributed by atoms with E-state index in [2.05, 4.69) is 20.4 Å². The van der Waals surface area contributed by atoms with Gasteiger partial charge in [-0.3, -0.25) is 14.5 Å². The summed E-state index contributed by atoms with van der Waals surface area (Å²) in [5.41, 5.74) is 2.26. The van der Waals surface area contributed by atoms with E-state index < -0.39 is 0 Å². The Morgan fingerprint density at radius 2 is 2.19 bits per heavy atom. The van der Waals surface area contributed by atoms with Crippen LogP contribution in [-0.2, 0) is 6.54 Å². The number of aromatic nitrogens is 5. The molecule has 7 nitrogen and oxygen atoms in total. The van der Waals surface area contributed by atoms with Crippen LogP contribution in [0.25, 0.3) is 5.65 Å². The van der Waals surface area contributed by atoms with Crippen LogP contribution in [-0.4, -0.2) is 30.1 Å². The fraction of sp³-hybridized carbons (Fsp3) is 0.286. The topological polar surface area (TPSA) is 77.1 Å². The predicted octanol–water partition coefficient (Wildman–Crippen LogP) is 1.81. The first kappa shape index (κ1) is 13.3. The average molecular weight is 284 g/mol. The van der Waals surface area contributed by atoms with E-state index >= 15 is 0 Å². The second-order valence-electron chi connectivity index (χ2n) is 4.78. The molecular formula is C14H16N6O. The van der Waals surface area contributed by atoms with E-state index in [9.17, 15) is 4.79 Å². The molecule has 0 spiro atoms. The number of hydrogen-bond acceptors (Lipinski definition) is 4. The summed E-state index contributed by atoms with van der Waals surface area (Å²) < 4.78 is 3.42. The van der Waals surface area contributed by atoms with Crippen molar-refractivity contribution in [2.45, 2.75) is 27.3 Å². The Labute approximate surface area is 121 Å². The van der Waals surface area contributed by atoms with E-state index in [4.69, 9.17) is 0 Å². The fourth-order valence-electron chi connectivity index (χ4n) is 2.25. The summed E-state index contributed by atoms with van der Waals surface area (Å²) in [4.78, 5) is 20.9. The second-order valence-corrected chi connectivity index (χ2v) is 4.78. The van der Waals surface area contributed by atoms with Crippen LogP contribution in [0.2, 0.25) is 0 Å². The lowest BCUT2D eigenvalue weighted by Gasteiger charge is -2.05. The molecule has 108 valence electrons. The number of carbonyl (C=O) groups is 1. The molecule has 0 saturated carbocycles. The van der Waals surface area contributed by atoms with Crippen molar-refractivity contribution >= 4 is 17.5 Å². The Morgan fingerprint density at radius 1 is 1.38 bits per heavy atom. The number of fused-ring (bicyclic) bond motifs is 1. The van der Waals surface area contributed by atoms with E-state index in [1.807, 2.05) is 32.2 Å². The second kappa shape index (κ2) is 5.01. The zero-order valence-electron chi connectivity index (χ0n) is 12.2. The fourth-order valence-corrected chi connectivity index (χ4v) is 2.25. The maximum Gasteiger partial charge on any atom is 0.276 e. The first-order valence-electron chi connectivity index (χ1n) is 6.75. The van der Waals surface area contributed by atoms with E-state index in [1.165, 1.54) is 0 Å². The quantitative estimate of drug-likeness (QED) is 0.795. The minimum Gasteiger partial charge on any atom is -0.295 e. The van der Waals surface area contributed by atoms with Gasteiger partial charge in [-0.25, -0.2) is 9.67 Å². The van der Waals surface area contributed by atoms with Gasteiger partial charge in [-0.05, 0) is 32.4 Å². The molecule has 7 heteroatoms. The highest BCUT2D eigenvalue weighted by Gasteiger charge is 2.16. The number of rotatable bonds is 3. The van der Waals surface area contributed by atoms with Crippen LogP contribution in [0.1, 0.15) is 28.8 Å². The van der Waals surface area contributed by atoms with Crippen molar-refractivity contribution in [3.8, 4) is 0 Å². The lowest BCUT2D eigenvalue weighted by molar-refractivity contribution is 0.102. The van der Waals surface area contributed by atoms with Crippen LogP contribution in [0.3, 0.4) is 0 Å².